The lowest BCUT2D eigenvalue weighted by molar-refractivity contribution is -0.132. The first-order valence-electron chi connectivity index (χ1n) is 14.8. The van der Waals surface area contributed by atoms with E-state index >= 15 is 0 Å². The van der Waals surface area contributed by atoms with Gasteiger partial charge in [-0.1, -0.05) is 6.92 Å². The maximum absolute atomic E-state index is 14.1. The van der Waals surface area contributed by atoms with Crippen molar-refractivity contribution in [1.29, 1.82) is 0 Å². The molecule has 0 radical (unpaired) electrons. The summed E-state index contributed by atoms with van der Waals surface area (Å²) in [5, 5.41) is 2.82. The molecule has 1 spiro atoms. The first-order chi connectivity index (χ1) is 19.1. The van der Waals surface area contributed by atoms with Crippen LogP contribution in [0.25, 0.3) is 0 Å². The highest BCUT2D eigenvalue weighted by Crippen LogP contribution is 2.56. The summed E-state index contributed by atoms with van der Waals surface area (Å²) in [6, 6.07) is 5.18. The number of amides is 4. The molecule has 0 aromatic heterocycles. The predicted octanol–water partition coefficient (Wildman–Crippen LogP) is 4.36. The quantitative estimate of drug-likeness (QED) is 0.522. The van der Waals surface area contributed by atoms with Gasteiger partial charge in [-0.3, -0.25) is 14.4 Å². The van der Waals surface area contributed by atoms with Crippen LogP contribution in [-0.4, -0.2) is 83.1 Å². The van der Waals surface area contributed by atoms with Gasteiger partial charge in [-0.15, -0.1) is 0 Å². The summed E-state index contributed by atoms with van der Waals surface area (Å²) in [4.78, 5) is 57.3. The van der Waals surface area contributed by atoms with E-state index in [9.17, 15) is 19.2 Å². The SMILES string of the molecule is CCC(=O)NCCN1C(=O)C(C)(C)Oc2ccc(C(=O)N(C(C)C)C3C[C@@]34CCCN(C(=O)OC(C)(C)C)C4)cc21. The van der Waals surface area contributed by atoms with Gasteiger partial charge in [0.25, 0.3) is 11.8 Å². The average Bonchev–Trinajstić information content (AvgIpc) is 3.55. The average molecular weight is 571 g/mol. The highest BCUT2D eigenvalue weighted by molar-refractivity contribution is 6.04. The van der Waals surface area contributed by atoms with Gasteiger partial charge < -0.3 is 29.5 Å². The van der Waals surface area contributed by atoms with E-state index in [0.717, 1.165) is 19.3 Å². The summed E-state index contributed by atoms with van der Waals surface area (Å²) < 4.78 is 11.6. The van der Waals surface area contributed by atoms with Gasteiger partial charge in [0.05, 0.1) is 5.69 Å². The van der Waals surface area contributed by atoms with Gasteiger partial charge in [0.15, 0.2) is 5.60 Å². The van der Waals surface area contributed by atoms with Gasteiger partial charge in [0, 0.05) is 55.7 Å². The van der Waals surface area contributed by atoms with E-state index in [-0.39, 0.29) is 47.9 Å². The number of likely N-dealkylation sites (tertiary alicyclic amines) is 1. The molecule has 0 bridgehead atoms. The minimum atomic E-state index is -1.07. The minimum absolute atomic E-state index is 0.00782. The van der Waals surface area contributed by atoms with E-state index in [1.54, 1.807) is 48.8 Å². The van der Waals surface area contributed by atoms with Gasteiger partial charge >= 0.3 is 6.09 Å². The van der Waals surface area contributed by atoms with E-state index in [1.165, 1.54) is 0 Å². The molecule has 1 aliphatic carbocycles. The Morgan fingerprint density at radius 2 is 1.93 bits per heavy atom. The third-order valence-electron chi connectivity index (χ3n) is 8.13. The lowest BCUT2D eigenvalue weighted by Gasteiger charge is -2.39. The van der Waals surface area contributed by atoms with Crippen LogP contribution in [0.3, 0.4) is 0 Å². The third-order valence-corrected chi connectivity index (χ3v) is 8.13. The van der Waals surface area contributed by atoms with Gasteiger partial charge in [-0.2, -0.15) is 0 Å². The number of nitrogens with zero attached hydrogens (tertiary/aromatic N) is 3. The lowest BCUT2D eigenvalue weighted by Crippen LogP contribution is -2.54. The number of hydrogen-bond donors (Lipinski definition) is 1. The first-order valence-corrected chi connectivity index (χ1v) is 14.8. The Morgan fingerprint density at radius 3 is 2.56 bits per heavy atom. The summed E-state index contributed by atoms with van der Waals surface area (Å²) in [7, 11) is 0. The second-order valence-corrected chi connectivity index (χ2v) is 13.3. The number of carbonyl (C=O) groups is 4. The van der Waals surface area contributed by atoms with E-state index in [2.05, 4.69) is 5.32 Å². The van der Waals surface area contributed by atoms with E-state index < -0.39 is 11.2 Å². The number of rotatable bonds is 7. The molecule has 41 heavy (non-hydrogen) atoms. The smallest absolute Gasteiger partial charge is 0.410 e. The third kappa shape index (κ3) is 6.46. The van der Waals surface area contributed by atoms with E-state index in [4.69, 9.17) is 9.47 Å². The fourth-order valence-electron chi connectivity index (χ4n) is 6.04. The number of fused-ring (bicyclic) bond motifs is 1. The minimum Gasteiger partial charge on any atom is -0.476 e. The molecular formula is C31H46N4O6. The molecule has 1 aromatic rings. The zero-order valence-electron chi connectivity index (χ0n) is 25.8. The highest BCUT2D eigenvalue weighted by Gasteiger charge is 2.60. The van der Waals surface area contributed by atoms with Crippen LogP contribution in [0.5, 0.6) is 5.75 Å². The van der Waals surface area contributed by atoms with E-state index in [1.807, 2.05) is 39.5 Å². The molecule has 10 nitrogen and oxygen atoms in total. The number of hydrogen-bond acceptors (Lipinski definition) is 6. The monoisotopic (exact) mass is 570 g/mol. The van der Waals surface area contributed by atoms with Crippen LogP contribution in [0.1, 0.15) is 91.4 Å². The number of nitrogens with one attached hydrogen (secondary N) is 1. The molecule has 226 valence electrons. The molecule has 4 amide bonds. The van der Waals surface area contributed by atoms with Crippen LogP contribution in [0, 0.1) is 5.41 Å². The molecule has 2 aliphatic heterocycles. The normalized spacial score (nSPS) is 23.1. The van der Waals surface area contributed by atoms with E-state index in [0.29, 0.717) is 43.1 Å². The summed E-state index contributed by atoms with van der Waals surface area (Å²) in [6.45, 7) is 16.6. The molecule has 4 rings (SSSR count). The zero-order valence-corrected chi connectivity index (χ0v) is 25.8. The molecule has 3 aliphatic rings. The van der Waals surface area contributed by atoms with Crippen molar-refractivity contribution in [3.05, 3.63) is 23.8 Å². The van der Waals surface area contributed by atoms with Crippen LogP contribution < -0.4 is 15.0 Å². The second kappa shape index (κ2) is 11.2. The predicted molar refractivity (Wildman–Crippen MR) is 156 cm³/mol. The Bertz CT molecular complexity index is 1210. The number of carbonyl (C=O) groups excluding carboxylic acids is 4. The summed E-state index contributed by atoms with van der Waals surface area (Å²) >= 11 is 0. The number of piperidine rings is 1. The summed E-state index contributed by atoms with van der Waals surface area (Å²) in [5.41, 5.74) is -0.784. The number of anilines is 1. The second-order valence-electron chi connectivity index (χ2n) is 13.3. The Labute approximate surface area is 243 Å². The fourth-order valence-corrected chi connectivity index (χ4v) is 6.04. The fraction of sp³-hybridized carbons (Fsp3) is 0.677. The van der Waals surface area contributed by atoms with Crippen molar-refractivity contribution in [2.45, 2.75) is 104 Å². The molecule has 1 saturated carbocycles. The van der Waals surface area contributed by atoms with Crippen LogP contribution in [-0.2, 0) is 14.3 Å². The molecule has 1 N–H and O–H groups in total. The largest absolute Gasteiger partial charge is 0.476 e. The number of ether oxygens (including phenoxy) is 2. The molecular weight excluding hydrogens is 524 g/mol. The highest BCUT2D eigenvalue weighted by atomic mass is 16.6. The van der Waals surface area contributed by atoms with Crippen LogP contribution in [0.2, 0.25) is 0 Å². The van der Waals surface area contributed by atoms with Gasteiger partial charge in [-0.25, -0.2) is 4.79 Å². The van der Waals surface area contributed by atoms with Crippen molar-refractivity contribution < 1.29 is 28.7 Å². The molecule has 1 unspecified atom stereocenters. The Balaban J connectivity index is 1.55. The maximum atomic E-state index is 14.1. The molecule has 1 saturated heterocycles. The van der Waals surface area contributed by atoms with Crippen molar-refractivity contribution in [2.24, 2.45) is 5.41 Å². The van der Waals surface area contributed by atoms with Gasteiger partial charge in [-0.05, 0) is 85.9 Å². The van der Waals surface area contributed by atoms with Crippen molar-refractivity contribution in [3.8, 4) is 5.75 Å². The number of benzene rings is 1. The van der Waals surface area contributed by atoms with Gasteiger partial charge in [0.2, 0.25) is 5.91 Å². The first kappa shape index (κ1) is 30.7. The van der Waals surface area contributed by atoms with Crippen LogP contribution >= 0.6 is 0 Å². The van der Waals surface area contributed by atoms with Crippen molar-refractivity contribution in [3.63, 3.8) is 0 Å². The Kier molecular flexibility index (Phi) is 8.35. The molecule has 2 fully saturated rings. The molecule has 2 heterocycles. The Hall–Kier alpha value is -3.30. The van der Waals surface area contributed by atoms with Crippen molar-refractivity contribution in [2.75, 3.05) is 31.1 Å². The maximum Gasteiger partial charge on any atom is 0.410 e. The molecule has 2 atom stereocenters. The van der Waals surface area contributed by atoms with Crippen molar-refractivity contribution >= 4 is 29.5 Å². The molecule has 1 aromatic carbocycles. The summed E-state index contributed by atoms with van der Waals surface area (Å²) in [6.07, 6.45) is 2.71. The van der Waals surface area contributed by atoms with Crippen molar-refractivity contribution in [1.82, 2.24) is 15.1 Å². The lowest BCUT2D eigenvalue weighted by atomic mass is 9.93. The molecule has 10 heteroatoms. The zero-order chi connectivity index (χ0) is 30.3. The topological polar surface area (TPSA) is 108 Å². The summed E-state index contributed by atoms with van der Waals surface area (Å²) in [5.74, 6) is 0.0856. The van der Waals surface area contributed by atoms with Crippen LogP contribution in [0.15, 0.2) is 18.2 Å². The Morgan fingerprint density at radius 1 is 1.22 bits per heavy atom. The van der Waals surface area contributed by atoms with Gasteiger partial charge in [0.1, 0.15) is 11.4 Å². The standard InChI is InChI=1S/C31H46N4O6/c1-9-25(36)32-14-16-34-22-17-21(11-12-23(22)40-30(7,8)27(34)38)26(37)35(20(2)3)24-18-31(24)13-10-15-33(19-31)28(39)41-29(4,5)6/h11-12,17,20,24H,9-10,13-16,18-19H2,1-8H3,(H,32,36)/t24?,31-/m1/s1. The van der Waals surface area contributed by atoms with Crippen LogP contribution in [0.4, 0.5) is 10.5 Å².